The van der Waals surface area contributed by atoms with Gasteiger partial charge >= 0.3 is 0 Å². The van der Waals surface area contributed by atoms with Gasteiger partial charge in [0.2, 0.25) is 0 Å². The Morgan fingerprint density at radius 2 is 2.24 bits per heavy atom. The highest BCUT2D eigenvalue weighted by molar-refractivity contribution is 9.10. The first kappa shape index (κ1) is 14.0. The molecule has 4 heteroatoms. The van der Waals surface area contributed by atoms with Gasteiger partial charge in [-0.1, -0.05) is 15.9 Å². The van der Waals surface area contributed by atoms with Crippen molar-refractivity contribution in [2.45, 2.75) is 19.4 Å². The minimum atomic E-state index is -0.0619. The van der Waals surface area contributed by atoms with E-state index in [1.54, 1.807) is 7.11 Å². The van der Waals surface area contributed by atoms with Crippen LogP contribution in [0.3, 0.4) is 0 Å². The summed E-state index contributed by atoms with van der Waals surface area (Å²) in [7, 11) is 3.63. The van der Waals surface area contributed by atoms with Crippen LogP contribution in [-0.2, 0) is 6.42 Å². The molecule has 1 unspecified atom stereocenters. The first-order valence-corrected chi connectivity index (χ1v) is 6.30. The lowest BCUT2D eigenvalue weighted by Gasteiger charge is -2.19. The molecule has 0 heterocycles. The average molecular weight is 297 g/mol. The lowest BCUT2D eigenvalue weighted by atomic mass is 10.1. The predicted octanol–water partition coefficient (Wildman–Crippen LogP) is 2.84. The number of hydrogen-bond donors (Lipinski definition) is 0. The number of halogens is 1. The van der Waals surface area contributed by atoms with E-state index in [-0.39, 0.29) is 6.04 Å². The van der Waals surface area contributed by atoms with Gasteiger partial charge in [-0.15, -0.1) is 0 Å². The third-order valence-corrected chi connectivity index (χ3v) is 3.32. The molecule has 0 aliphatic heterocycles. The molecular formula is C13H17BrN2O. The third-order valence-electron chi connectivity index (χ3n) is 2.82. The Labute approximate surface area is 111 Å². The van der Waals surface area contributed by atoms with Crippen molar-refractivity contribution in [1.29, 1.82) is 5.26 Å². The van der Waals surface area contributed by atoms with Crippen LogP contribution in [0, 0.1) is 11.3 Å². The Morgan fingerprint density at radius 3 is 2.82 bits per heavy atom. The Bertz CT molecular complexity index is 414. The van der Waals surface area contributed by atoms with E-state index in [0.717, 1.165) is 28.8 Å². The smallest absolute Gasteiger partial charge is 0.122 e. The summed E-state index contributed by atoms with van der Waals surface area (Å²) in [5.41, 5.74) is 1.15. The van der Waals surface area contributed by atoms with Crippen molar-refractivity contribution in [3.63, 3.8) is 0 Å². The van der Waals surface area contributed by atoms with Crippen molar-refractivity contribution in [2.24, 2.45) is 0 Å². The number of nitrogens with zero attached hydrogens (tertiary/aromatic N) is 2. The van der Waals surface area contributed by atoms with E-state index in [1.165, 1.54) is 0 Å². The molecule has 1 rings (SSSR count). The Morgan fingerprint density at radius 1 is 1.53 bits per heavy atom. The third kappa shape index (κ3) is 4.03. The summed E-state index contributed by atoms with van der Waals surface area (Å²) in [6, 6.07) is 8.14. The molecule has 0 radical (unpaired) electrons. The number of rotatable bonds is 5. The molecule has 0 aromatic heterocycles. The van der Waals surface area contributed by atoms with Crippen molar-refractivity contribution in [3.05, 3.63) is 28.2 Å². The van der Waals surface area contributed by atoms with Gasteiger partial charge in [-0.05, 0) is 44.2 Å². The molecule has 17 heavy (non-hydrogen) atoms. The van der Waals surface area contributed by atoms with Crippen LogP contribution in [0.25, 0.3) is 0 Å². The molecule has 3 nitrogen and oxygen atoms in total. The molecule has 0 spiro atoms. The summed E-state index contributed by atoms with van der Waals surface area (Å²) in [5, 5.41) is 8.82. The van der Waals surface area contributed by atoms with Gasteiger partial charge in [0.05, 0.1) is 19.2 Å². The van der Waals surface area contributed by atoms with Crippen LogP contribution in [0.2, 0.25) is 0 Å². The first-order valence-electron chi connectivity index (χ1n) is 5.50. The zero-order valence-corrected chi connectivity index (χ0v) is 12.0. The fraction of sp³-hybridized carbons (Fsp3) is 0.462. The number of benzene rings is 1. The van der Waals surface area contributed by atoms with Gasteiger partial charge in [-0.25, -0.2) is 0 Å². The lowest BCUT2D eigenvalue weighted by molar-refractivity contribution is 0.304. The normalized spacial score (nSPS) is 12.2. The average Bonchev–Trinajstić information content (AvgIpc) is 2.35. The van der Waals surface area contributed by atoms with Crippen molar-refractivity contribution in [3.8, 4) is 11.8 Å². The maximum absolute atomic E-state index is 8.82. The maximum Gasteiger partial charge on any atom is 0.122 e. The van der Waals surface area contributed by atoms with Crippen LogP contribution in [0.4, 0.5) is 0 Å². The van der Waals surface area contributed by atoms with Crippen LogP contribution in [0.15, 0.2) is 22.7 Å². The Kier molecular flexibility index (Phi) is 5.46. The second kappa shape index (κ2) is 6.63. The first-order chi connectivity index (χ1) is 8.08. The van der Waals surface area contributed by atoms with Gasteiger partial charge in [-0.2, -0.15) is 5.26 Å². The molecule has 1 atom stereocenters. The van der Waals surface area contributed by atoms with Gasteiger partial charge in [0, 0.05) is 11.0 Å². The number of likely N-dealkylation sites (N-methyl/N-ethyl adjacent to an activating group) is 1. The standard InChI is InChI=1S/C13H17BrN2O/c1-10(9-15)16(2)7-6-11-8-12(14)4-5-13(11)17-3/h4-5,8,10H,6-7H2,1-3H3. The molecule has 0 aliphatic rings. The van der Waals surface area contributed by atoms with Crippen LogP contribution in [0.5, 0.6) is 5.75 Å². The summed E-state index contributed by atoms with van der Waals surface area (Å²) in [4.78, 5) is 2.03. The highest BCUT2D eigenvalue weighted by Crippen LogP contribution is 2.23. The lowest BCUT2D eigenvalue weighted by Crippen LogP contribution is -2.29. The second-order valence-corrected chi connectivity index (χ2v) is 4.91. The second-order valence-electron chi connectivity index (χ2n) is 3.99. The van der Waals surface area contributed by atoms with Gasteiger partial charge in [-0.3, -0.25) is 4.90 Å². The van der Waals surface area contributed by atoms with E-state index in [1.807, 2.05) is 31.0 Å². The van der Waals surface area contributed by atoms with Gasteiger partial charge in [0.15, 0.2) is 0 Å². The zero-order chi connectivity index (χ0) is 12.8. The van der Waals surface area contributed by atoms with Crippen LogP contribution in [-0.4, -0.2) is 31.6 Å². The number of nitriles is 1. The minimum absolute atomic E-state index is 0.0619. The number of ether oxygens (including phenoxy) is 1. The summed E-state index contributed by atoms with van der Waals surface area (Å²) < 4.78 is 6.36. The quantitative estimate of drug-likeness (QED) is 0.838. The van der Waals surface area contributed by atoms with E-state index >= 15 is 0 Å². The minimum Gasteiger partial charge on any atom is -0.496 e. The number of hydrogen-bond acceptors (Lipinski definition) is 3. The van der Waals surface area contributed by atoms with Gasteiger partial charge in [0.1, 0.15) is 5.75 Å². The Hall–Kier alpha value is -1.05. The molecular weight excluding hydrogens is 280 g/mol. The summed E-state index contributed by atoms with van der Waals surface area (Å²) in [5.74, 6) is 0.895. The SMILES string of the molecule is COc1ccc(Br)cc1CCN(C)C(C)C#N. The summed E-state index contributed by atoms with van der Waals surface area (Å²) in [6.45, 7) is 2.74. The molecule has 0 bridgehead atoms. The van der Waals surface area contributed by atoms with Crippen molar-refractivity contribution >= 4 is 15.9 Å². The van der Waals surface area contributed by atoms with Crippen LogP contribution >= 0.6 is 15.9 Å². The largest absolute Gasteiger partial charge is 0.496 e. The predicted molar refractivity (Wildman–Crippen MR) is 72.1 cm³/mol. The zero-order valence-electron chi connectivity index (χ0n) is 10.4. The van der Waals surface area contributed by atoms with Gasteiger partial charge < -0.3 is 4.74 Å². The van der Waals surface area contributed by atoms with E-state index < -0.39 is 0 Å². The monoisotopic (exact) mass is 296 g/mol. The molecule has 0 aliphatic carbocycles. The summed E-state index contributed by atoms with van der Waals surface area (Å²) in [6.07, 6.45) is 0.866. The molecule has 0 saturated carbocycles. The molecule has 0 fully saturated rings. The van der Waals surface area contributed by atoms with Gasteiger partial charge in [0.25, 0.3) is 0 Å². The molecule has 0 N–H and O–H groups in total. The number of methoxy groups -OCH3 is 1. The Balaban J connectivity index is 2.69. The summed E-state index contributed by atoms with van der Waals surface area (Å²) >= 11 is 3.45. The van der Waals surface area contributed by atoms with Crippen molar-refractivity contribution in [1.82, 2.24) is 4.90 Å². The fourth-order valence-electron chi connectivity index (χ4n) is 1.53. The molecule has 0 amide bonds. The van der Waals surface area contributed by atoms with E-state index in [4.69, 9.17) is 10.00 Å². The highest BCUT2D eigenvalue weighted by atomic mass is 79.9. The van der Waals surface area contributed by atoms with Crippen LogP contribution in [0.1, 0.15) is 12.5 Å². The fourth-order valence-corrected chi connectivity index (χ4v) is 1.94. The van der Waals surface area contributed by atoms with E-state index in [9.17, 15) is 0 Å². The van der Waals surface area contributed by atoms with Crippen LogP contribution < -0.4 is 4.74 Å². The maximum atomic E-state index is 8.82. The molecule has 1 aromatic carbocycles. The van der Waals surface area contributed by atoms with Crippen molar-refractivity contribution in [2.75, 3.05) is 20.7 Å². The molecule has 92 valence electrons. The molecule has 1 aromatic rings. The van der Waals surface area contributed by atoms with Crippen molar-refractivity contribution < 1.29 is 4.74 Å². The highest BCUT2D eigenvalue weighted by Gasteiger charge is 2.09. The van der Waals surface area contributed by atoms with E-state index in [2.05, 4.69) is 28.1 Å². The van der Waals surface area contributed by atoms with E-state index in [0.29, 0.717) is 0 Å². The molecule has 0 saturated heterocycles. The topological polar surface area (TPSA) is 36.3 Å².